The maximum atomic E-state index is 12.6. The van der Waals surface area contributed by atoms with Crippen LogP contribution in [0.3, 0.4) is 0 Å². The van der Waals surface area contributed by atoms with Crippen molar-refractivity contribution in [2.24, 2.45) is 5.92 Å². The predicted molar refractivity (Wildman–Crippen MR) is 125 cm³/mol. The van der Waals surface area contributed by atoms with Crippen LogP contribution in [0.15, 0.2) is 18.7 Å². The van der Waals surface area contributed by atoms with E-state index in [1.807, 2.05) is 9.80 Å². The van der Waals surface area contributed by atoms with E-state index in [1.54, 1.807) is 0 Å². The van der Waals surface area contributed by atoms with Gasteiger partial charge in [0.05, 0.1) is 5.69 Å². The summed E-state index contributed by atoms with van der Waals surface area (Å²) in [5.41, 5.74) is 9.70. The van der Waals surface area contributed by atoms with E-state index in [4.69, 9.17) is 10.7 Å². The second kappa shape index (κ2) is 8.41. The van der Waals surface area contributed by atoms with Gasteiger partial charge in [-0.05, 0) is 63.2 Å². The summed E-state index contributed by atoms with van der Waals surface area (Å²) in [7, 11) is 0. The molecule has 2 amide bonds. The zero-order valence-corrected chi connectivity index (χ0v) is 19.1. The highest BCUT2D eigenvalue weighted by molar-refractivity contribution is 5.87. The fourth-order valence-electron chi connectivity index (χ4n) is 5.42. The molecule has 1 unspecified atom stereocenters. The minimum atomic E-state index is 0.00725. The third kappa shape index (κ3) is 4.09. The number of nitrogens with two attached hydrogens (primary N) is 1. The summed E-state index contributed by atoms with van der Waals surface area (Å²) in [4.78, 5) is 36.1. The quantitative estimate of drug-likeness (QED) is 0.716. The first kappa shape index (κ1) is 21.3. The second-order valence-electron chi connectivity index (χ2n) is 10.1. The molecule has 0 bridgehead atoms. The summed E-state index contributed by atoms with van der Waals surface area (Å²) in [5, 5.41) is 0. The van der Waals surface area contributed by atoms with Crippen molar-refractivity contribution < 1.29 is 9.59 Å². The lowest BCUT2D eigenvalue weighted by Crippen LogP contribution is -2.54. The van der Waals surface area contributed by atoms with E-state index in [9.17, 15) is 9.59 Å². The molecule has 0 aromatic carbocycles. The first-order valence-electron chi connectivity index (χ1n) is 12.2. The molecule has 0 radical (unpaired) electrons. The van der Waals surface area contributed by atoms with Gasteiger partial charge in [0.15, 0.2) is 5.82 Å². The molecule has 4 fully saturated rings. The van der Waals surface area contributed by atoms with E-state index in [0.29, 0.717) is 24.1 Å². The third-order valence-corrected chi connectivity index (χ3v) is 7.54. The van der Waals surface area contributed by atoms with Crippen LogP contribution in [0, 0.1) is 5.92 Å². The third-order valence-electron chi connectivity index (χ3n) is 7.54. The van der Waals surface area contributed by atoms with Gasteiger partial charge in [-0.3, -0.25) is 9.59 Å². The lowest BCUT2D eigenvalue weighted by molar-refractivity contribution is -0.135. The molecule has 2 atom stereocenters. The van der Waals surface area contributed by atoms with Crippen LogP contribution in [0.25, 0.3) is 0 Å². The summed E-state index contributed by atoms with van der Waals surface area (Å²) in [6.45, 7) is 9.56. The fourth-order valence-corrected chi connectivity index (χ4v) is 5.42. The number of piperidine rings is 1. The predicted octanol–water partition coefficient (Wildman–Crippen LogP) is 2.88. The number of anilines is 2. The number of aromatic nitrogens is 1. The van der Waals surface area contributed by atoms with Gasteiger partial charge in [-0.1, -0.05) is 6.58 Å². The summed E-state index contributed by atoms with van der Waals surface area (Å²) < 4.78 is 0. The highest BCUT2D eigenvalue weighted by Gasteiger charge is 2.38. The van der Waals surface area contributed by atoms with Crippen LogP contribution >= 0.6 is 0 Å². The molecule has 1 aromatic rings. The average Bonchev–Trinajstić information content (AvgIpc) is 3.71. The molecule has 7 heteroatoms. The average molecular weight is 438 g/mol. The van der Waals surface area contributed by atoms with Crippen molar-refractivity contribution in [1.82, 2.24) is 14.8 Å². The van der Waals surface area contributed by atoms with Crippen LogP contribution in [0.5, 0.6) is 0 Å². The zero-order chi connectivity index (χ0) is 22.4. The minimum Gasteiger partial charge on any atom is -0.396 e. The van der Waals surface area contributed by atoms with Crippen molar-refractivity contribution in [3.05, 3.63) is 30.0 Å². The smallest absolute Gasteiger partial charge is 0.245 e. The number of hydrogen-bond donors (Lipinski definition) is 1. The van der Waals surface area contributed by atoms with Gasteiger partial charge in [-0.15, -0.1) is 0 Å². The Hall–Kier alpha value is -2.57. The molecule has 5 rings (SSSR count). The normalized spacial score (nSPS) is 26.2. The maximum absolute atomic E-state index is 12.6. The number of carbonyl (C=O) groups excluding carboxylic acids is 2. The Morgan fingerprint density at radius 1 is 1.09 bits per heavy atom. The van der Waals surface area contributed by atoms with Crippen molar-refractivity contribution in [3.8, 4) is 0 Å². The minimum absolute atomic E-state index is 0.00725. The van der Waals surface area contributed by atoms with E-state index < -0.39 is 0 Å². The molecule has 0 spiro atoms. The molecular formula is C25H35N5O2. The van der Waals surface area contributed by atoms with E-state index in [2.05, 4.69) is 24.5 Å². The molecular weight excluding hydrogens is 402 g/mol. The Bertz CT molecular complexity index is 923. The van der Waals surface area contributed by atoms with E-state index >= 15 is 0 Å². The number of pyridine rings is 1. The molecule has 2 N–H and O–H groups in total. The lowest BCUT2D eigenvalue weighted by atomic mass is 9.88. The number of carbonyl (C=O) groups is 2. The van der Waals surface area contributed by atoms with Crippen molar-refractivity contribution in [3.63, 3.8) is 0 Å². The second-order valence-corrected chi connectivity index (χ2v) is 10.1. The number of hydrogen-bond acceptors (Lipinski definition) is 5. The van der Waals surface area contributed by atoms with Gasteiger partial charge >= 0.3 is 0 Å². The topological polar surface area (TPSA) is 82.8 Å². The molecule has 2 saturated carbocycles. The largest absolute Gasteiger partial charge is 0.396 e. The molecule has 7 nitrogen and oxygen atoms in total. The maximum Gasteiger partial charge on any atom is 0.245 e. The molecule has 3 heterocycles. The van der Waals surface area contributed by atoms with Gasteiger partial charge in [0, 0.05) is 62.2 Å². The molecule has 32 heavy (non-hydrogen) atoms. The van der Waals surface area contributed by atoms with Crippen molar-refractivity contribution in [1.29, 1.82) is 0 Å². The van der Waals surface area contributed by atoms with E-state index in [-0.39, 0.29) is 23.8 Å². The standard InChI is InChI=1S/C25H35N5O2/c1-3-22(31)28-10-4-5-19(15-28)20-13-21(26)24(27-23(20)17-6-7-17)29-11-12-30(16(2)14-29)25(32)18-8-9-18/h3,13,16-19H,1,4-12,14-15,26H2,2H3/t16-,19?/m1/s1. The molecule has 1 aromatic heterocycles. The Kier molecular flexibility index (Phi) is 5.59. The number of likely N-dealkylation sites (tertiary alicyclic amines) is 1. The Balaban J connectivity index is 1.37. The number of nitrogens with zero attached hydrogens (tertiary/aromatic N) is 4. The van der Waals surface area contributed by atoms with Crippen molar-refractivity contribution in [2.45, 2.75) is 63.3 Å². The molecule has 2 saturated heterocycles. The zero-order valence-electron chi connectivity index (χ0n) is 19.1. The van der Waals surface area contributed by atoms with Crippen LogP contribution in [0.4, 0.5) is 11.5 Å². The number of piperazine rings is 1. The molecule has 172 valence electrons. The molecule has 2 aliphatic heterocycles. The highest BCUT2D eigenvalue weighted by Crippen LogP contribution is 2.45. The lowest BCUT2D eigenvalue weighted by Gasteiger charge is -2.41. The van der Waals surface area contributed by atoms with Gasteiger partial charge in [0.25, 0.3) is 0 Å². The number of rotatable bonds is 5. The monoisotopic (exact) mass is 437 g/mol. The van der Waals surface area contributed by atoms with Gasteiger partial charge in [0.2, 0.25) is 11.8 Å². The highest BCUT2D eigenvalue weighted by atomic mass is 16.2. The van der Waals surface area contributed by atoms with Crippen molar-refractivity contribution >= 4 is 23.3 Å². The first-order valence-corrected chi connectivity index (χ1v) is 12.2. The number of amides is 2. The van der Waals surface area contributed by atoms with E-state index in [0.717, 1.165) is 57.7 Å². The molecule has 2 aliphatic carbocycles. The summed E-state index contributed by atoms with van der Waals surface area (Å²) in [6, 6.07) is 2.30. The van der Waals surface area contributed by atoms with Crippen molar-refractivity contribution in [2.75, 3.05) is 43.4 Å². The van der Waals surface area contributed by atoms with Crippen LogP contribution in [0.2, 0.25) is 0 Å². The van der Waals surface area contributed by atoms with Gasteiger partial charge < -0.3 is 20.4 Å². The van der Waals surface area contributed by atoms with Gasteiger partial charge in [-0.2, -0.15) is 0 Å². The van der Waals surface area contributed by atoms with Crippen LogP contribution in [-0.4, -0.2) is 65.4 Å². The Morgan fingerprint density at radius 2 is 1.88 bits per heavy atom. The molecule has 4 aliphatic rings. The van der Waals surface area contributed by atoms with E-state index in [1.165, 1.54) is 30.2 Å². The Morgan fingerprint density at radius 3 is 2.53 bits per heavy atom. The van der Waals surface area contributed by atoms with Crippen LogP contribution in [-0.2, 0) is 9.59 Å². The van der Waals surface area contributed by atoms with Crippen LogP contribution in [0.1, 0.15) is 68.5 Å². The summed E-state index contributed by atoms with van der Waals surface area (Å²) in [5.74, 6) is 2.24. The van der Waals surface area contributed by atoms with Gasteiger partial charge in [0.1, 0.15) is 0 Å². The van der Waals surface area contributed by atoms with Gasteiger partial charge in [-0.25, -0.2) is 4.98 Å². The summed E-state index contributed by atoms with van der Waals surface area (Å²) in [6.07, 6.45) is 7.89. The SMILES string of the molecule is C=CC(=O)N1CCCC(c2cc(N)c(N3CCN(C(=O)C4CC4)[C@H](C)C3)nc2C2CC2)C1. The number of nitrogen functional groups attached to an aromatic ring is 1. The fraction of sp³-hybridized carbons (Fsp3) is 0.640. The summed E-state index contributed by atoms with van der Waals surface area (Å²) >= 11 is 0. The Labute approximate surface area is 190 Å². The van der Waals surface area contributed by atoms with Crippen LogP contribution < -0.4 is 10.6 Å². The first-order chi connectivity index (χ1) is 15.5.